The van der Waals surface area contributed by atoms with Crippen LogP contribution in [0.2, 0.25) is 0 Å². The Hall–Kier alpha value is -0.610. The van der Waals surface area contributed by atoms with E-state index >= 15 is 0 Å². The minimum Gasteiger partial charge on any atom is -0.481 e. The van der Waals surface area contributed by atoms with Gasteiger partial charge in [-0.2, -0.15) is 0 Å². The highest BCUT2D eigenvalue weighted by molar-refractivity contribution is 5.74. The van der Waals surface area contributed by atoms with Gasteiger partial charge in [0.15, 0.2) is 0 Å². The van der Waals surface area contributed by atoms with Gasteiger partial charge in [-0.1, -0.05) is 20.8 Å². The first-order chi connectivity index (χ1) is 8.82. The number of carbonyl (C=O) groups is 1. The van der Waals surface area contributed by atoms with Crippen molar-refractivity contribution < 1.29 is 19.7 Å². The molecule has 0 aromatic heterocycles. The number of aliphatic hydroxyl groups is 1. The van der Waals surface area contributed by atoms with Gasteiger partial charge in [-0.05, 0) is 43.4 Å². The van der Waals surface area contributed by atoms with Gasteiger partial charge < -0.3 is 14.9 Å². The summed E-state index contributed by atoms with van der Waals surface area (Å²) in [6.07, 6.45) is 4.00. The van der Waals surface area contributed by atoms with Gasteiger partial charge in [0.25, 0.3) is 0 Å². The van der Waals surface area contributed by atoms with Crippen molar-refractivity contribution in [1.29, 1.82) is 0 Å². The van der Waals surface area contributed by atoms with Gasteiger partial charge in [0, 0.05) is 6.61 Å². The van der Waals surface area contributed by atoms with E-state index in [2.05, 4.69) is 20.8 Å². The Bertz CT molecular complexity index is 285. The largest absolute Gasteiger partial charge is 0.481 e. The molecule has 0 bridgehead atoms. The zero-order valence-electron chi connectivity index (χ0n) is 12.4. The van der Waals surface area contributed by atoms with Crippen LogP contribution in [-0.4, -0.2) is 36.0 Å². The average Bonchev–Trinajstić information content (AvgIpc) is 2.34. The van der Waals surface area contributed by atoms with E-state index in [0.717, 1.165) is 25.7 Å². The van der Waals surface area contributed by atoms with E-state index in [-0.39, 0.29) is 12.0 Å². The summed E-state index contributed by atoms with van der Waals surface area (Å²) >= 11 is 0. The first-order valence-electron chi connectivity index (χ1n) is 7.24. The first-order valence-corrected chi connectivity index (χ1v) is 7.24. The van der Waals surface area contributed by atoms with Crippen LogP contribution in [0.25, 0.3) is 0 Å². The molecule has 0 atom stereocenters. The Morgan fingerprint density at radius 1 is 1.26 bits per heavy atom. The second kappa shape index (κ2) is 6.71. The molecule has 0 aromatic carbocycles. The van der Waals surface area contributed by atoms with Crippen molar-refractivity contribution in [2.24, 2.45) is 16.7 Å². The third kappa shape index (κ3) is 4.46. The maximum Gasteiger partial charge on any atom is 0.309 e. The fourth-order valence-corrected chi connectivity index (χ4v) is 3.04. The molecule has 0 radical (unpaired) electrons. The third-order valence-corrected chi connectivity index (χ3v) is 4.58. The van der Waals surface area contributed by atoms with Crippen LogP contribution in [0, 0.1) is 16.7 Å². The number of carboxylic acids is 1. The molecule has 1 aliphatic carbocycles. The Labute approximate surface area is 116 Å². The van der Waals surface area contributed by atoms with Gasteiger partial charge in [0.05, 0.1) is 18.6 Å². The summed E-state index contributed by atoms with van der Waals surface area (Å²) in [5, 5.41) is 18.2. The zero-order chi connectivity index (χ0) is 14.5. The van der Waals surface area contributed by atoms with E-state index in [1.54, 1.807) is 0 Å². The van der Waals surface area contributed by atoms with Crippen LogP contribution in [0.3, 0.4) is 0 Å². The first kappa shape index (κ1) is 16.4. The number of aliphatic carboxylic acids is 1. The maximum absolute atomic E-state index is 11.6. The summed E-state index contributed by atoms with van der Waals surface area (Å²) in [6.45, 7) is 7.40. The van der Waals surface area contributed by atoms with E-state index in [0.29, 0.717) is 25.6 Å². The van der Waals surface area contributed by atoms with E-state index in [9.17, 15) is 9.90 Å². The van der Waals surface area contributed by atoms with E-state index < -0.39 is 11.4 Å². The second-order valence-electron chi connectivity index (χ2n) is 6.81. The van der Waals surface area contributed by atoms with Crippen molar-refractivity contribution >= 4 is 5.97 Å². The lowest BCUT2D eigenvalue weighted by Gasteiger charge is -2.41. The number of hydrogen-bond acceptors (Lipinski definition) is 3. The van der Waals surface area contributed by atoms with E-state index in [1.807, 2.05) is 0 Å². The Balaban J connectivity index is 2.54. The van der Waals surface area contributed by atoms with Crippen molar-refractivity contribution in [3.8, 4) is 0 Å². The van der Waals surface area contributed by atoms with Crippen LogP contribution in [0.4, 0.5) is 0 Å². The minimum atomic E-state index is -0.688. The van der Waals surface area contributed by atoms with Gasteiger partial charge in [-0.15, -0.1) is 0 Å². The summed E-state index contributed by atoms with van der Waals surface area (Å²) in [5.41, 5.74) is -0.352. The molecular formula is C15H28O4. The number of aliphatic hydroxyl groups excluding tert-OH is 1. The molecule has 0 spiro atoms. The lowest BCUT2D eigenvalue weighted by Crippen LogP contribution is -2.39. The molecule has 1 fully saturated rings. The number of rotatable bonds is 6. The molecule has 4 nitrogen and oxygen atoms in total. The number of ether oxygens (including phenoxy) is 1. The Kier molecular flexibility index (Phi) is 5.81. The Morgan fingerprint density at radius 3 is 2.26 bits per heavy atom. The second-order valence-corrected chi connectivity index (χ2v) is 6.81. The molecule has 112 valence electrons. The Morgan fingerprint density at radius 2 is 1.84 bits per heavy atom. The van der Waals surface area contributed by atoms with Gasteiger partial charge in [0.2, 0.25) is 0 Å². The molecule has 0 heterocycles. The topological polar surface area (TPSA) is 66.8 Å². The molecule has 0 aromatic rings. The molecule has 0 aliphatic heterocycles. The quantitative estimate of drug-likeness (QED) is 0.730. The highest BCUT2D eigenvalue weighted by Gasteiger charge is 2.43. The van der Waals surface area contributed by atoms with Crippen LogP contribution in [0.15, 0.2) is 0 Å². The molecule has 2 N–H and O–H groups in total. The SMILES string of the molecule is CC(C)(C)C1CCC(CCOCCO)(C(=O)O)CC1. The van der Waals surface area contributed by atoms with Gasteiger partial charge in [0.1, 0.15) is 0 Å². The zero-order valence-corrected chi connectivity index (χ0v) is 12.4. The van der Waals surface area contributed by atoms with Crippen LogP contribution in [0.1, 0.15) is 52.9 Å². The molecule has 0 unspecified atom stereocenters. The van der Waals surface area contributed by atoms with Crippen molar-refractivity contribution in [3.63, 3.8) is 0 Å². The van der Waals surface area contributed by atoms with Crippen molar-refractivity contribution in [1.82, 2.24) is 0 Å². The van der Waals surface area contributed by atoms with Crippen molar-refractivity contribution in [2.45, 2.75) is 52.9 Å². The molecule has 19 heavy (non-hydrogen) atoms. The predicted octanol–water partition coefficient (Wildman–Crippen LogP) is 2.69. The fourth-order valence-electron chi connectivity index (χ4n) is 3.04. The lowest BCUT2D eigenvalue weighted by molar-refractivity contribution is -0.154. The molecule has 0 saturated heterocycles. The van der Waals surface area contributed by atoms with Gasteiger partial charge >= 0.3 is 5.97 Å². The highest BCUT2D eigenvalue weighted by Crippen LogP contribution is 2.47. The molecule has 1 aliphatic rings. The van der Waals surface area contributed by atoms with Crippen LogP contribution < -0.4 is 0 Å². The highest BCUT2D eigenvalue weighted by atomic mass is 16.5. The van der Waals surface area contributed by atoms with Crippen molar-refractivity contribution in [3.05, 3.63) is 0 Å². The third-order valence-electron chi connectivity index (χ3n) is 4.58. The maximum atomic E-state index is 11.6. The molecule has 1 saturated carbocycles. The summed E-state index contributed by atoms with van der Waals surface area (Å²) in [6, 6.07) is 0. The minimum absolute atomic E-state index is 0.00777. The summed E-state index contributed by atoms with van der Waals surface area (Å²) in [5.74, 6) is -0.0780. The molecule has 1 rings (SSSR count). The molecule has 4 heteroatoms. The predicted molar refractivity (Wildman–Crippen MR) is 74.0 cm³/mol. The summed E-state index contributed by atoms with van der Waals surface area (Å²) in [4.78, 5) is 11.6. The van der Waals surface area contributed by atoms with Crippen LogP contribution in [-0.2, 0) is 9.53 Å². The van der Waals surface area contributed by atoms with Gasteiger partial charge in [-0.3, -0.25) is 4.79 Å². The smallest absolute Gasteiger partial charge is 0.309 e. The molecule has 0 amide bonds. The number of carboxylic acid groups (broad SMARTS) is 1. The monoisotopic (exact) mass is 272 g/mol. The van der Waals surface area contributed by atoms with Crippen LogP contribution in [0.5, 0.6) is 0 Å². The normalized spacial score (nSPS) is 28.3. The molecular weight excluding hydrogens is 244 g/mol. The van der Waals surface area contributed by atoms with Crippen LogP contribution >= 0.6 is 0 Å². The average molecular weight is 272 g/mol. The number of hydrogen-bond donors (Lipinski definition) is 2. The lowest BCUT2D eigenvalue weighted by atomic mass is 9.63. The van der Waals surface area contributed by atoms with E-state index in [4.69, 9.17) is 9.84 Å². The fraction of sp³-hybridized carbons (Fsp3) is 0.933. The van der Waals surface area contributed by atoms with E-state index in [1.165, 1.54) is 0 Å². The van der Waals surface area contributed by atoms with Crippen molar-refractivity contribution in [2.75, 3.05) is 19.8 Å². The standard InChI is InChI=1S/C15H28O4/c1-14(2,3)12-4-6-15(7-5-12,13(17)18)8-10-19-11-9-16/h12,16H,4-11H2,1-3H3,(H,17,18). The van der Waals surface area contributed by atoms with Gasteiger partial charge in [-0.25, -0.2) is 0 Å². The summed E-state index contributed by atoms with van der Waals surface area (Å²) in [7, 11) is 0. The summed E-state index contributed by atoms with van der Waals surface area (Å²) < 4.78 is 5.24.